The number of hydrogen-bond donors (Lipinski definition) is 2. The van der Waals surface area contributed by atoms with Gasteiger partial charge in [0.1, 0.15) is 11.0 Å². The number of halogens is 2. The van der Waals surface area contributed by atoms with Crippen LogP contribution in [-0.4, -0.2) is 65.8 Å². The average Bonchev–Trinajstić information content (AvgIpc) is 2.85. The molecule has 0 radical (unpaired) electrons. The molecule has 1 aliphatic heterocycles. The van der Waals surface area contributed by atoms with Crippen LogP contribution in [0.25, 0.3) is 0 Å². The van der Waals surface area contributed by atoms with Gasteiger partial charge >= 0.3 is 0 Å². The number of rotatable bonds is 5. The zero-order chi connectivity index (χ0) is 25.2. The fourth-order valence-corrected chi connectivity index (χ4v) is 6.31. The van der Waals surface area contributed by atoms with Crippen LogP contribution in [-0.2, 0) is 14.8 Å². The van der Waals surface area contributed by atoms with Gasteiger partial charge in [0.05, 0.1) is 10.5 Å². The summed E-state index contributed by atoms with van der Waals surface area (Å²) in [6.07, 6.45) is 3.07. The monoisotopic (exact) mass is 523 g/mol. The number of nitrogens with one attached hydrogen (secondary N) is 1. The first-order valence-corrected chi connectivity index (χ1v) is 13.2. The molecule has 1 saturated heterocycles. The van der Waals surface area contributed by atoms with Gasteiger partial charge in [-0.15, -0.1) is 0 Å². The Morgan fingerprint density at radius 2 is 1.77 bits per heavy atom. The summed E-state index contributed by atoms with van der Waals surface area (Å²) in [4.78, 5) is 32.0. The van der Waals surface area contributed by atoms with E-state index in [9.17, 15) is 22.4 Å². The van der Waals surface area contributed by atoms with E-state index < -0.39 is 33.8 Å². The standard InChI is InChI=1S/C23H27ClFN5O4S/c24-20-19(3-1-12-27-20)23(32)29-13-2-14-30(35(33,34)18-10-4-15(25)5-11-18)22(29)21(31)28-17-8-6-16(26)7-9-17/h1,3-5,10-12,16-17,22H,2,6-9,13-14,26H2,(H,28,31). The van der Waals surface area contributed by atoms with E-state index in [1.54, 1.807) is 0 Å². The highest BCUT2D eigenvalue weighted by atomic mass is 35.5. The van der Waals surface area contributed by atoms with Gasteiger partial charge in [-0.2, -0.15) is 4.31 Å². The molecule has 188 valence electrons. The van der Waals surface area contributed by atoms with Crippen LogP contribution in [0.1, 0.15) is 42.5 Å². The first-order valence-electron chi connectivity index (χ1n) is 11.4. The number of carbonyl (C=O) groups is 2. The largest absolute Gasteiger partial charge is 0.350 e. The summed E-state index contributed by atoms with van der Waals surface area (Å²) in [5.41, 5.74) is 6.03. The molecular formula is C23H27ClFN5O4S. The number of amides is 2. The summed E-state index contributed by atoms with van der Waals surface area (Å²) >= 11 is 6.13. The Balaban J connectivity index is 1.70. The van der Waals surface area contributed by atoms with Gasteiger partial charge in [0.15, 0.2) is 6.17 Å². The third-order valence-electron chi connectivity index (χ3n) is 6.37. The molecule has 1 unspecified atom stereocenters. The predicted octanol–water partition coefficient (Wildman–Crippen LogP) is 2.12. The van der Waals surface area contributed by atoms with E-state index in [2.05, 4.69) is 10.3 Å². The van der Waals surface area contributed by atoms with Gasteiger partial charge in [0.25, 0.3) is 11.8 Å². The van der Waals surface area contributed by atoms with Crippen LogP contribution in [0.5, 0.6) is 0 Å². The van der Waals surface area contributed by atoms with Crippen molar-refractivity contribution in [1.29, 1.82) is 0 Å². The number of nitrogens with two attached hydrogens (primary N) is 1. The first-order chi connectivity index (χ1) is 16.7. The van der Waals surface area contributed by atoms with Crippen molar-refractivity contribution in [3.63, 3.8) is 0 Å². The van der Waals surface area contributed by atoms with E-state index in [4.69, 9.17) is 17.3 Å². The Kier molecular flexibility index (Phi) is 7.70. The molecule has 1 saturated carbocycles. The molecule has 2 aromatic rings. The number of hydrogen-bond acceptors (Lipinski definition) is 6. The van der Waals surface area contributed by atoms with Crippen LogP contribution >= 0.6 is 11.6 Å². The maximum atomic E-state index is 13.6. The predicted molar refractivity (Wildman–Crippen MR) is 127 cm³/mol. The lowest BCUT2D eigenvalue weighted by atomic mass is 9.92. The van der Waals surface area contributed by atoms with Crippen molar-refractivity contribution in [3.8, 4) is 0 Å². The molecule has 1 atom stereocenters. The second kappa shape index (κ2) is 10.6. The fourth-order valence-electron chi connectivity index (χ4n) is 4.51. The molecule has 1 aromatic heterocycles. The van der Waals surface area contributed by atoms with Gasteiger partial charge in [0.2, 0.25) is 10.0 Å². The number of benzene rings is 1. The van der Waals surface area contributed by atoms with E-state index in [1.807, 2.05) is 0 Å². The third kappa shape index (κ3) is 5.48. The van der Waals surface area contributed by atoms with Crippen molar-refractivity contribution >= 4 is 33.4 Å². The van der Waals surface area contributed by atoms with Crippen LogP contribution in [0.4, 0.5) is 4.39 Å². The maximum Gasteiger partial charge on any atom is 0.259 e. The van der Waals surface area contributed by atoms with E-state index in [0.717, 1.165) is 41.4 Å². The number of aromatic nitrogens is 1. The second-order valence-corrected chi connectivity index (χ2v) is 11.0. The minimum atomic E-state index is -4.24. The van der Waals surface area contributed by atoms with E-state index in [-0.39, 0.29) is 40.8 Å². The van der Waals surface area contributed by atoms with Crippen LogP contribution in [0.3, 0.4) is 0 Å². The molecular weight excluding hydrogens is 497 g/mol. The van der Waals surface area contributed by atoms with Gasteiger partial charge in [-0.25, -0.2) is 17.8 Å². The number of carbonyl (C=O) groups excluding carboxylic acids is 2. The molecule has 2 aliphatic rings. The second-order valence-electron chi connectivity index (χ2n) is 8.76. The summed E-state index contributed by atoms with van der Waals surface area (Å²) in [6, 6.07) is 7.25. The molecule has 0 bridgehead atoms. The highest BCUT2D eigenvalue weighted by Gasteiger charge is 2.45. The molecule has 1 aromatic carbocycles. The summed E-state index contributed by atoms with van der Waals surface area (Å²) in [5, 5.41) is 2.87. The minimum absolute atomic E-state index is 0.0118. The third-order valence-corrected chi connectivity index (χ3v) is 8.54. The van der Waals surface area contributed by atoms with Gasteiger partial charge in [-0.1, -0.05) is 11.6 Å². The van der Waals surface area contributed by atoms with Crippen LogP contribution in [0, 0.1) is 5.82 Å². The van der Waals surface area contributed by atoms with E-state index >= 15 is 0 Å². The minimum Gasteiger partial charge on any atom is -0.350 e. The summed E-state index contributed by atoms with van der Waals surface area (Å²) in [7, 11) is -4.24. The maximum absolute atomic E-state index is 13.6. The topological polar surface area (TPSA) is 126 Å². The Morgan fingerprint density at radius 3 is 2.43 bits per heavy atom. The van der Waals surface area contributed by atoms with Crippen LogP contribution in [0.2, 0.25) is 5.15 Å². The summed E-state index contributed by atoms with van der Waals surface area (Å²) in [5.74, 6) is -1.80. The molecule has 4 rings (SSSR count). The van der Waals surface area contributed by atoms with Gasteiger partial charge < -0.3 is 16.0 Å². The Hall–Kier alpha value is -2.60. The van der Waals surface area contributed by atoms with Crippen molar-refractivity contribution in [1.82, 2.24) is 19.5 Å². The smallest absolute Gasteiger partial charge is 0.259 e. The molecule has 9 nitrogen and oxygen atoms in total. The van der Waals surface area contributed by atoms with Crippen molar-refractivity contribution in [2.75, 3.05) is 13.1 Å². The zero-order valence-corrected chi connectivity index (χ0v) is 20.5. The first kappa shape index (κ1) is 25.5. The van der Waals surface area contributed by atoms with E-state index in [0.29, 0.717) is 19.3 Å². The molecule has 12 heteroatoms. The number of pyridine rings is 1. The Labute approximate surface area is 208 Å². The lowest BCUT2D eigenvalue weighted by molar-refractivity contribution is -0.132. The number of sulfonamides is 1. The van der Waals surface area contributed by atoms with Crippen LogP contribution < -0.4 is 11.1 Å². The Morgan fingerprint density at radius 1 is 1.09 bits per heavy atom. The van der Waals surface area contributed by atoms with Crippen molar-refractivity contribution in [2.24, 2.45) is 5.73 Å². The van der Waals surface area contributed by atoms with E-state index in [1.165, 1.54) is 23.2 Å². The molecule has 2 amide bonds. The fraction of sp³-hybridized carbons (Fsp3) is 0.435. The molecule has 35 heavy (non-hydrogen) atoms. The van der Waals surface area contributed by atoms with Crippen LogP contribution in [0.15, 0.2) is 47.5 Å². The van der Waals surface area contributed by atoms with Crippen molar-refractivity contribution in [2.45, 2.75) is 55.2 Å². The quantitative estimate of drug-likeness (QED) is 0.578. The van der Waals surface area contributed by atoms with Gasteiger partial charge in [-0.05, 0) is 68.5 Å². The normalized spacial score (nSPS) is 23.6. The molecule has 2 heterocycles. The number of nitrogens with zero attached hydrogens (tertiary/aromatic N) is 3. The van der Waals surface area contributed by atoms with Gasteiger partial charge in [-0.3, -0.25) is 9.59 Å². The molecule has 3 N–H and O–H groups in total. The zero-order valence-electron chi connectivity index (χ0n) is 18.9. The average molecular weight is 524 g/mol. The highest BCUT2D eigenvalue weighted by molar-refractivity contribution is 7.89. The lowest BCUT2D eigenvalue weighted by Crippen LogP contribution is -2.64. The summed E-state index contributed by atoms with van der Waals surface area (Å²) in [6.45, 7) is 0.158. The van der Waals surface area contributed by atoms with Crippen molar-refractivity contribution in [3.05, 3.63) is 59.1 Å². The van der Waals surface area contributed by atoms with Gasteiger partial charge in [0, 0.05) is 31.4 Å². The molecule has 0 spiro atoms. The highest BCUT2D eigenvalue weighted by Crippen LogP contribution is 2.28. The van der Waals surface area contributed by atoms with Crippen molar-refractivity contribution < 1.29 is 22.4 Å². The molecule has 1 aliphatic carbocycles. The lowest BCUT2D eigenvalue weighted by Gasteiger charge is -2.42. The Bertz CT molecular complexity index is 1190. The SMILES string of the molecule is NC1CCC(NC(=O)C2N(C(=O)c3cccnc3Cl)CCCN2S(=O)(=O)c2ccc(F)cc2)CC1. The summed E-state index contributed by atoms with van der Waals surface area (Å²) < 4.78 is 41.5. The molecule has 2 fully saturated rings.